The maximum Gasteiger partial charge on any atom is 0.267 e. The molecule has 2 heterocycles. The number of fused-ring (bicyclic) bond motifs is 1. The lowest BCUT2D eigenvalue weighted by Crippen LogP contribution is -2.27. The summed E-state index contributed by atoms with van der Waals surface area (Å²) in [5.41, 5.74) is 2.44. The molecule has 0 spiro atoms. The van der Waals surface area contributed by atoms with Crippen molar-refractivity contribution in [3.63, 3.8) is 0 Å². The van der Waals surface area contributed by atoms with Gasteiger partial charge >= 0.3 is 0 Å². The van der Waals surface area contributed by atoms with Gasteiger partial charge in [0.2, 0.25) is 0 Å². The fraction of sp³-hybridized carbons (Fsp3) is 0.188. The summed E-state index contributed by atoms with van der Waals surface area (Å²) in [6.45, 7) is 0.514. The first-order chi connectivity index (χ1) is 10.6. The Bertz CT molecular complexity index is 814. The molecule has 1 aromatic carbocycles. The van der Waals surface area contributed by atoms with Gasteiger partial charge in [-0.05, 0) is 24.3 Å². The van der Waals surface area contributed by atoms with E-state index in [-0.39, 0.29) is 5.91 Å². The molecule has 0 bridgehead atoms. The molecule has 6 heteroatoms. The molecule has 1 amide bonds. The number of rotatable bonds is 4. The van der Waals surface area contributed by atoms with Crippen molar-refractivity contribution in [2.45, 2.75) is 6.42 Å². The molecule has 0 unspecified atom stereocenters. The van der Waals surface area contributed by atoms with Crippen LogP contribution in [0.15, 0.2) is 42.9 Å². The fourth-order valence-corrected chi connectivity index (χ4v) is 2.57. The van der Waals surface area contributed by atoms with Crippen LogP contribution in [0.1, 0.15) is 16.2 Å². The molecule has 112 valence electrons. The van der Waals surface area contributed by atoms with E-state index < -0.39 is 0 Å². The predicted octanol–water partition coefficient (Wildman–Crippen LogP) is 2.59. The molecule has 0 saturated carbocycles. The van der Waals surface area contributed by atoms with Crippen LogP contribution in [0.2, 0.25) is 5.02 Å². The molecule has 22 heavy (non-hydrogen) atoms. The molecule has 3 rings (SSSR count). The second-order valence-electron chi connectivity index (χ2n) is 4.99. The van der Waals surface area contributed by atoms with Gasteiger partial charge in [0.1, 0.15) is 5.69 Å². The quantitative estimate of drug-likeness (QED) is 0.805. The lowest BCUT2D eigenvalue weighted by molar-refractivity contribution is 0.0946. The normalized spacial score (nSPS) is 10.8. The summed E-state index contributed by atoms with van der Waals surface area (Å²) < 4.78 is 1.86. The van der Waals surface area contributed by atoms with Crippen molar-refractivity contribution in [3.8, 4) is 0 Å². The Hall–Kier alpha value is -2.40. The topological polar surface area (TPSA) is 59.8 Å². The molecule has 0 aliphatic carbocycles. The molecule has 5 nitrogen and oxygen atoms in total. The van der Waals surface area contributed by atoms with Crippen molar-refractivity contribution in [3.05, 3.63) is 59.3 Å². The first-order valence-electron chi connectivity index (χ1n) is 6.93. The fourth-order valence-electron chi connectivity index (χ4n) is 2.39. The van der Waals surface area contributed by atoms with Gasteiger partial charge in [0.25, 0.3) is 5.91 Å². The standard InChI is InChI=1S/C16H15ClN4O/c1-21-14-3-2-12(17)8-11(14)9-15(21)16(22)20-5-4-13-10-18-6-7-19-13/h2-3,6-10H,4-5H2,1H3,(H,20,22). The highest BCUT2D eigenvalue weighted by molar-refractivity contribution is 6.31. The number of hydrogen-bond acceptors (Lipinski definition) is 3. The van der Waals surface area contributed by atoms with E-state index in [1.54, 1.807) is 18.6 Å². The smallest absolute Gasteiger partial charge is 0.267 e. The monoisotopic (exact) mass is 314 g/mol. The number of benzene rings is 1. The number of nitrogens with zero attached hydrogens (tertiary/aromatic N) is 3. The van der Waals surface area contributed by atoms with Gasteiger partial charge in [0.15, 0.2) is 0 Å². The third-order valence-electron chi connectivity index (χ3n) is 3.52. The largest absolute Gasteiger partial charge is 0.350 e. The number of amides is 1. The summed E-state index contributed by atoms with van der Waals surface area (Å²) in [4.78, 5) is 20.5. The molecule has 1 N–H and O–H groups in total. The maximum atomic E-state index is 12.3. The Morgan fingerprint density at radius 1 is 1.32 bits per heavy atom. The Labute approximate surface area is 133 Å². The van der Waals surface area contributed by atoms with E-state index in [4.69, 9.17) is 11.6 Å². The average Bonchev–Trinajstić information content (AvgIpc) is 2.84. The minimum absolute atomic E-state index is 0.112. The summed E-state index contributed by atoms with van der Waals surface area (Å²) in [7, 11) is 1.87. The molecular weight excluding hydrogens is 300 g/mol. The number of carbonyl (C=O) groups excluding carboxylic acids is 1. The summed E-state index contributed by atoms with van der Waals surface area (Å²) >= 11 is 5.99. The van der Waals surface area contributed by atoms with Gasteiger partial charge in [-0.15, -0.1) is 0 Å². The van der Waals surface area contributed by atoms with Crippen LogP contribution in [0.5, 0.6) is 0 Å². The van der Waals surface area contributed by atoms with Crippen molar-refractivity contribution in [1.82, 2.24) is 19.9 Å². The summed E-state index contributed by atoms with van der Waals surface area (Å²) in [5, 5.41) is 4.52. The molecule has 0 aliphatic heterocycles. The van der Waals surface area contributed by atoms with Crippen molar-refractivity contribution < 1.29 is 4.79 Å². The van der Waals surface area contributed by atoms with Crippen LogP contribution in [0.25, 0.3) is 10.9 Å². The van der Waals surface area contributed by atoms with E-state index in [0.717, 1.165) is 16.6 Å². The number of aromatic nitrogens is 3. The van der Waals surface area contributed by atoms with Crippen LogP contribution in [-0.2, 0) is 13.5 Å². The van der Waals surface area contributed by atoms with Crippen LogP contribution < -0.4 is 5.32 Å². The highest BCUT2D eigenvalue weighted by Crippen LogP contribution is 2.22. The second kappa shape index (κ2) is 6.15. The first-order valence-corrected chi connectivity index (χ1v) is 7.31. The van der Waals surface area contributed by atoms with Gasteiger partial charge in [0.05, 0.1) is 5.69 Å². The van der Waals surface area contributed by atoms with Gasteiger partial charge in [-0.3, -0.25) is 14.8 Å². The Morgan fingerprint density at radius 2 is 2.18 bits per heavy atom. The Balaban J connectivity index is 1.71. The molecule has 0 saturated heterocycles. The summed E-state index contributed by atoms with van der Waals surface area (Å²) in [6.07, 6.45) is 5.62. The number of aryl methyl sites for hydroxylation is 1. The van der Waals surface area contributed by atoms with E-state index in [2.05, 4.69) is 15.3 Å². The third-order valence-corrected chi connectivity index (χ3v) is 3.76. The van der Waals surface area contributed by atoms with E-state index in [0.29, 0.717) is 23.7 Å². The Morgan fingerprint density at radius 3 is 2.95 bits per heavy atom. The first kappa shape index (κ1) is 14.5. The van der Waals surface area contributed by atoms with Crippen molar-refractivity contribution in [1.29, 1.82) is 0 Å². The maximum absolute atomic E-state index is 12.3. The zero-order valence-corrected chi connectivity index (χ0v) is 12.8. The lowest BCUT2D eigenvalue weighted by atomic mass is 10.2. The zero-order valence-electron chi connectivity index (χ0n) is 12.1. The number of nitrogens with one attached hydrogen (secondary N) is 1. The zero-order chi connectivity index (χ0) is 15.5. The summed E-state index contributed by atoms with van der Waals surface area (Å²) in [6, 6.07) is 7.43. The van der Waals surface area contributed by atoms with Gasteiger partial charge in [-0.2, -0.15) is 0 Å². The number of carbonyl (C=O) groups is 1. The van der Waals surface area contributed by atoms with Crippen LogP contribution in [0.3, 0.4) is 0 Å². The van der Waals surface area contributed by atoms with Gasteiger partial charge in [-0.1, -0.05) is 11.6 Å². The van der Waals surface area contributed by atoms with Crippen molar-refractivity contribution in [2.24, 2.45) is 7.05 Å². The van der Waals surface area contributed by atoms with Gasteiger partial charge in [-0.25, -0.2) is 0 Å². The van der Waals surface area contributed by atoms with Crippen molar-refractivity contribution >= 4 is 28.4 Å². The van der Waals surface area contributed by atoms with E-state index >= 15 is 0 Å². The van der Waals surface area contributed by atoms with E-state index in [9.17, 15) is 4.79 Å². The molecular formula is C16H15ClN4O. The molecule has 0 atom stereocenters. The van der Waals surface area contributed by atoms with Crippen molar-refractivity contribution in [2.75, 3.05) is 6.54 Å². The van der Waals surface area contributed by atoms with Crippen LogP contribution >= 0.6 is 11.6 Å². The highest BCUT2D eigenvalue weighted by atomic mass is 35.5. The highest BCUT2D eigenvalue weighted by Gasteiger charge is 2.13. The average molecular weight is 315 g/mol. The van der Waals surface area contributed by atoms with Gasteiger partial charge in [0, 0.05) is 54.5 Å². The molecule has 0 radical (unpaired) electrons. The Kier molecular flexibility index (Phi) is 4.06. The number of hydrogen-bond donors (Lipinski definition) is 1. The van der Waals surface area contributed by atoms with E-state index in [1.807, 2.05) is 35.9 Å². The molecule has 0 fully saturated rings. The van der Waals surface area contributed by atoms with E-state index in [1.165, 1.54) is 0 Å². The predicted molar refractivity (Wildman–Crippen MR) is 86.0 cm³/mol. The van der Waals surface area contributed by atoms with Gasteiger partial charge < -0.3 is 9.88 Å². The third kappa shape index (κ3) is 2.94. The second-order valence-corrected chi connectivity index (χ2v) is 5.43. The SMILES string of the molecule is Cn1c(C(=O)NCCc2cnccn2)cc2cc(Cl)ccc21. The van der Waals surface area contributed by atoms with Crippen LogP contribution in [0.4, 0.5) is 0 Å². The molecule has 0 aliphatic rings. The van der Waals surface area contributed by atoms with Crippen LogP contribution in [-0.4, -0.2) is 27.0 Å². The van der Waals surface area contributed by atoms with Crippen LogP contribution in [0, 0.1) is 0 Å². The lowest BCUT2D eigenvalue weighted by Gasteiger charge is -2.06. The molecule has 3 aromatic rings. The summed E-state index contributed by atoms with van der Waals surface area (Å²) in [5.74, 6) is -0.112. The molecule has 2 aromatic heterocycles. The minimum Gasteiger partial charge on any atom is -0.350 e. The number of halogens is 1. The minimum atomic E-state index is -0.112.